The van der Waals surface area contributed by atoms with Gasteiger partial charge < -0.3 is 19.8 Å². The number of aromatic amines is 2. The molecule has 0 spiro atoms. The van der Waals surface area contributed by atoms with Crippen LogP contribution < -0.4 is 10.9 Å². The summed E-state index contributed by atoms with van der Waals surface area (Å²) >= 11 is 0. The molecular formula is C10H13N5O4. The molecule has 9 heteroatoms. The fraction of sp³-hybridized carbons (Fsp3) is 0.400. The summed E-state index contributed by atoms with van der Waals surface area (Å²) in [4.78, 5) is 35.2. The number of nitrogens with one attached hydrogen (secondary N) is 3. The van der Waals surface area contributed by atoms with Crippen LogP contribution in [-0.2, 0) is 14.3 Å². The fourth-order valence-electron chi connectivity index (χ4n) is 1.36. The van der Waals surface area contributed by atoms with Crippen molar-refractivity contribution in [2.24, 2.45) is 0 Å². The number of H-pyrrole nitrogens is 2. The van der Waals surface area contributed by atoms with E-state index in [-0.39, 0.29) is 37.4 Å². The highest BCUT2D eigenvalue weighted by molar-refractivity contribution is 5.69. The molecule has 0 radical (unpaired) electrons. The predicted molar refractivity (Wildman–Crippen MR) is 65.6 cm³/mol. The molecule has 3 N–H and O–H groups in total. The van der Waals surface area contributed by atoms with Gasteiger partial charge in [-0.25, -0.2) is 4.98 Å². The Morgan fingerprint density at radius 2 is 2.32 bits per heavy atom. The molecule has 0 saturated heterocycles. The summed E-state index contributed by atoms with van der Waals surface area (Å²) in [5.74, 6) is -0.0939. The zero-order valence-electron chi connectivity index (χ0n) is 10.2. The van der Waals surface area contributed by atoms with Gasteiger partial charge in [-0.1, -0.05) is 0 Å². The molecule has 0 unspecified atom stereocenters. The maximum atomic E-state index is 11.6. The van der Waals surface area contributed by atoms with Crippen LogP contribution in [0.2, 0.25) is 0 Å². The molecule has 0 aromatic carbocycles. The summed E-state index contributed by atoms with van der Waals surface area (Å²) in [6.45, 7) is 1.88. The van der Waals surface area contributed by atoms with Gasteiger partial charge in [-0.15, -0.1) is 0 Å². The molecule has 0 aliphatic carbocycles. The van der Waals surface area contributed by atoms with Gasteiger partial charge in [0.2, 0.25) is 5.95 Å². The van der Waals surface area contributed by atoms with Crippen molar-refractivity contribution in [3.05, 3.63) is 16.7 Å². The Labute approximate surface area is 107 Å². The van der Waals surface area contributed by atoms with E-state index in [4.69, 9.17) is 4.74 Å². The Balaban J connectivity index is 1.81. The lowest BCUT2D eigenvalue weighted by Gasteiger charge is -2.06. The molecule has 0 aliphatic heterocycles. The normalized spacial score (nSPS) is 10.6. The van der Waals surface area contributed by atoms with E-state index in [1.54, 1.807) is 0 Å². The van der Waals surface area contributed by atoms with Gasteiger partial charge in [0.25, 0.3) is 5.56 Å². The van der Waals surface area contributed by atoms with Crippen LogP contribution in [0.1, 0.15) is 6.92 Å². The molecule has 2 rings (SSSR count). The van der Waals surface area contributed by atoms with Gasteiger partial charge in [-0.05, 0) is 0 Å². The average Bonchev–Trinajstić information content (AvgIpc) is 2.82. The number of anilines is 1. The molecule has 0 aliphatic rings. The van der Waals surface area contributed by atoms with E-state index in [2.05, 4.69) is 30.0 Å². The second-order valence-electron chi connectivity index (χ2n) is 3.59. The molecule has 0 fully saturated rings. The zero-order chi connectivity index (χ0) is 13.7. The summed E-state index contributed by atoms with van der Waals surface area (Å²) in [6.07, 6.45) is 1.40. The highest BCUT2D eigenvalue weighted by Crippen LogP contribution is 2.02. The molecular weight excluding hydrogens is 254 g/mol. The van der Waals surface area contributed by atoms with Crippen LogP contribution in [0.3, 0.4) is 0 Å². The lowest BCUT2D eigenvalue weighted by atomic mass is 10.5. The van der Waals surface area contributed by atoms with E-state index in [0.29, 0.717) is 11.2 Å². The summed E-state index contributed by atoms with van der Waals surface area (Å²) in [6, 6.07) is 0. The smallest absolute Gasteiger partial charge is 0.302 e. The molecule has 102 valence electrons. The number of imidazole rings is 1. The maximum Gasteiger partial charge on any atom is 0.302 e. The average molecular weight is 267 g/mol. The van der Waals surface area contributed by atoms with Crippen LogP contribution in [0.5, 0.6) is 0 Å². The van der Waals surface area contributed by atoms with Crippen LogP contribution in [0.4, 0.5) is 5.95 Å². The third kappa shape index (κ3) is 3.52. The standard InChI is InChI=1S/C10H13N5O4/c1-6(16)19-3-2-18-5-13-10-14-8-7(9(17)15-10)11-4-12-8/h4H,2-3,5H2,1H3,(H3,11,12,13,14,15,17). The van der Waals surface area contributed by atoms with Gasteiger partial charge >= 0.3 is 5.97 Å². The fourth-order valence-corrected chi connectivity index (χ4v) is 1.36. The Bertz CT molecular complexity index is 620. The number of rotatable bonds is 6. The predicted octanol–water partition coefficient (Wildman–Crippen LogP) is -0.405. The highest BCUT2D eigenvalue weighted by atomic mass is 16.6. The third-order valence-corrected chi connectivity index (χ3v) is 2.17. The first-order valence-corrected chi connectivity index (χ1v) is 5.55. The molecule has 9 nitrogen and oxygen atoms in total. The number of fused-ring (bicyclic) bond motifs is 1. The van der Waals surface area contributed by atoms with Crippen molar-refractivity contribution in [1.29, 1.82) is 0 Å². The molecule has 2 heterocycles. The van der Waals surface area contributed by atoms with E-state index in [0.717, 1.165) is 0 Å². The van der Waals surface area contributed by atoms with Crippen molar-refractivity contribution in [1.82, 2.24) is 19.9 Å². The number of ether oxygens (including phenoxy) is 2. The first kappa shape index (κ1) is 13.0. The number of esters is 1. The second kappa shape index (κ2) is 5.96. The lowest BCUT2D eigenvalue weighted by molar-refractivity contribution is -0.142. The summed E-state index contributed by atoms with van der Waals surface area (Å²) in [5.41, 5.74) is 0.331. The van der Waals surface area contributed by atoms with E-state index in [9.17, 15) is 9.59 Å². The van der Waals surface area contributed by atoms with Gasteiger partial charge in [0, 0.05) is 6.92 Å². The van der Waals surface area contributed by atoms with Crippen LogP contribution in [-0.4, -0.2) is 45.8 Å². The molecule has 19 heavy (non-hydrogen) atoms. The zero-order valence-corrected chi connectivity index (χ0v) is 10.2. The Kier molecular flexibility index (Phi) is 4.08. The van der Waals surface area contributed by atoms with Gasteiger partial charge in [-0.3, -0.25) is 14.6 Å². The van der Waals surface area contributed by atoms with Gasteiger partial charge in [0.15, 0.2) is 11.2 Å². The quantitative estimate of drug-likeness (QED) is 0.369. The van der Waals surface area contributed by atoms with Crippen molar-refractivity contribution >= 4 is 23.1 Å². The van der Waals surface area contributed by atoms with Gasteiger partial charge in [0.05, 0.1) is 12.9 Å². The first-order valence-electron chi connectivity index (χ1n) is 5.55. The lowest BCUT2D eigenvalue weighted by Crippen LogP contribution is -2.17. The SMILES string of the molecule is CC(=O)OCCOCNc1nc2nc[nH]c2c(=O)[nH]1. The van der Waals surface area contributed by atoms with E-state index in [1.807, 2.05) is 0 Å². The molecule has 2 aromatic rings. The molecule has 0 saturated carbocycles. The number of aromatic nitrogens is 4. The second-order valence-corrected chi connectivity index (χ2v) is 3.59. The van der Waals surface area contributed by atoms with Crippen molar-refractivity contribution in [3.63, 3.8) is 0 Å². The Hall–Kier alpha value is -2.42. The number of hydrogen-bond donors (Lipinski definition) is 3. The monoisotopic (exact) mass is 267 g/mol. The topological polar surface area (TPSA) is 122 Å². The molecule has 2 aromatic heterocycles. The minimum absolute atomic E-state index is 0.125. The van der Waals surface area contributed by atoms with E-state index in [1.165, 1.54) is 13.3 Å². The number of hydrogen-bond acceptors (Lipinski definition) is 7. The number of carbonyl (C=O) groups excluding carboxylic acids is 1. The van der Waals surface area contributed by atoms with Crippen molar-refractivity contribution in [2.75, 3.05) is 25.3 Å². The highest BCUT2D eigenvalue weighted by Gasteiger charge is 2.04. The third-order valence-electron chi connectivity index (χ3n) is 2.17. The summed E-state index contributed by atoms with van der Waals surface area (Å²) < 4.78 is 9.82. The minimum atomic E-state index is -0.355. The van der Waals surface area contributed by atoms with Crippen LogP contribution in [0.25, 0.3) is 11.2 Å². The Morgan fingerprint density at radius 1 is 1.47 bits per heavy atom. The minimum Gasteiger partial charge on any atom is -0.463 e. The molecule has 0 atom stereocenters. The van der Waals surface area contributed by atoms with Crippen LogP contribution in [0, 0.1) is 0 Å². The first-order chi connectivity index (χ1) is 9.16. The molecule has 0 bridgehead atoms. The van der Waals surface area contributed by atoms with E-state index < -0.39 is 0 Å². The van der Waals surface area contributed by atoms with Crippen LogP contribution in [0.15, 0.2) is 11.1 Å². The summed E-state index contributed by atoms with van der Waals surface area (Å²) in [7, 11) is 0. The maximum absolute atomic E-state index is 11.6. The van der Waals surface area contributed by atoms with E-state index >= 15 is 0 Å². The van der Waals surface area contributed by atoms with Crippen LogP contribution >= 0.6 is 0 Å². The van der Waals surface area contributed by atoms with Crippen molar-refractivity contribution < 1.29 is 14.3 Å². The number of nitrogens with zero attached hydrogens (tertiary/aromatic N) is 2. The van der Waals surface area contributed by atoms with Crippen molar-refractivity contribution in [2.45, 2.75) is 6.92 Å². The summed E-state index contributed by atoms with van der Waals surface area (Å²) in [5, 5.41) is 2.77. The van der Waals surface area contributed by atoms with Crippen molar-refractivity contribution in [3.8, 4) is 0 Å². The Morgan fingerprint density at radius 3 is 3.11 bits per heavy atom. The largest absolute Gasteiger partial charge is 0.463 e. The number of carbonyl (C=O) groups is 1. The van der Waals surface area contributed by atoms with Gasteiger partial charge in [0.1, 0.15) is 13.3 Å². The molecule has 0 amide bonds. The van der Waals surface area contributed by atoms with Gasteiger partial charge in [-0.2, -0.15) is 4.98 Å².